The number of aliphatic imine (C=N–C) groups is 1. The lowest BCUT2D eigenvalue weighted by atomic mass is 9.82. The summed E-state index contributed by atoms with van der Waals surface area (Å²) in [7, 11) is 0. The second kappa shape index (κ2) is 5.31. The lowest BCUT2D eigenvalue weighted by Crippen LogP contribution is -2.25. The van der Waals surface area contributed by atoms with Gasteiger partial charge in [-0.2, -0.15) is 0 Å². The van der Waals surface area contributed by atoms with Gasteiger partial charge in [-0.15, -0.1) is 0 Å². The molecule has 0 radical (unpaired) electrons. The van der Waals surface area contributed by atoms with Crippen LogP contribution < -0.4 is 5.73 Å². The van der Waals surface area contributed by atoms with E-state index < -0.39 is 0 Å². The van der Waals surface area contributed by atoms with Crippen LogP contribution in [-0.2, 0) is 0 Å². The molecule has 0 spiro atoms. The summed E-state index contributed by atoms with van der Waals surface area (Å²) in [5.41, 5.74) is 5.93. The first-order valence-electron chi connectivity index (χ1n) is 4.64. The fourth-order valence-corrected chi connectivity index (χ4v) is 1.44. The average Bonchev–Trinajstić information content (AvgIpc) is 2.00. The second-order valence-corrected chi connectivity index (χ2v) is 4.41. The Kier molecular flexibility index (Phi) is 5.14. The van der Waals surface area contributed by atoms with Crippen LogP contribution in [0.2, 0.25) is 0 Å². The van der Waals surface area contributed by atoms with Crippen LogP contribution in [0.1, 0.15) is 33.6 Å². The van der Waals surface area contributed by atoms with Gasteiger partial charge >= 0.3 is 0 Å². The van der Waals surface area contributed by atoms with Crippen LogP contribution in [0.3, 0.4) is 0 Å². The third kappa shape index (κ3) is 5.30. The van der Waals surface area contributed by atoms with E-state index in [1.165, 1.54) is 6.42 Å². The van der Waals surface area contributed by atoms with Crippen LogP contribution in [0.25, 0.3) is 0 Å². The van der Waals surface area contributed by atoms with E-state index in [0.717, 1.165) is 19.5 Å². The summed E-state index contributed by atoms with van der Waals surface area (Å²) in [4.78, 5) is 3.85. The molecule has 1 atom stereocenters. The van der Waals surface area contributed by atoms with Crippen LogP contribution >= 0.6 is 0 Å². The summed E-state index contributed by atoms with van der Waals surface area (Å²) >= 11 is 0. The van der Waals surface area contributed by atoms with Crippen molar-refractivity contribution in [2.75, 3.05) is 13.1 Å². The van der Waals surface area contributed by atoms with Gasteiger partial charge in [-0.25, -0.2) is 0 Å². The monoisotopic (exact) mass is 170 g/mol. The van der Waals surface area contributed by atoms with Gasteiger partial charge in [0.1, 0.15) is 0 Å². The molecule has 12 heavy (non-hydrogen) atoms. The minimum Gasteiger partial charge on any atom is -0.330 e. The smallest absolute Gasteiger partial charge is 0.0384 e. The van der Waals surface area contributed by atoms with Crippen molar-refractivity contribution in [3.05, 3.63) is 0 Å². The van der Waals surface area contributed by atoms with E-state index in [9.17, 15) is 0 Å². The molecule has 0 aromatic rings. The quantitative estimate of drug-likeness (QED) is 0.609. The number of rotatable bonds is 6. The summed E-state index contributed by atoms with van der Waals surface area (Å²) < 4.78 is 0. The highest BCUT2D eigenvalue weighted by Crippen LogP contribution is 2.25. The Hall–Kier alpha value is -0.370. The lowest BCUT2D eigenvalue weighted by molar-refractivity contribution is 0.279. The molecule has 0 aromatic carbocycles. The summed E-state index contributed by atoms with van der Waals surface area (Å²) in [5.74, 6) is 0.703. The van der Waals surface area contributed by atoms with Crippen LogP contribution in [-0.4, -0.2) is 19.8 Å². The predicted molar refractivity (Wildman–Crippen MR) is 55.6 cm³/mol. The van der Waals surface area contributed by atoms with E-state index in [0.29, 0.717) is 5.92 Å². The highest BCUT2D eigenvalue weighted by atomic mass is 14.7. The molecule has 0 fully saturated rings. The summed E-state index contributed by atoms with van der Waals surface area (Å²) in [6.07, 6.45) is 2.31. The fourth-order valence-electron chi connectivity index (χ4n) is 1.44. The minimum atomic E-state index is 0.278. The van der Waals surface area contributed by atoms with Gasteiger partial charge in [0.2, 0.25) is 0 Å². The molecule has 0 rings (SSSR count). The zero-order valence-electron chi connectivity index (χ0n) is 8.64. The third-order valence-electron chi connectivity index (χ3n) is 2.23. The standard InChI is InChI=1S/C10H22N2/c1-9(5-6-12-4)7-10(2,3)8-11/h9H,4-8,11H2,1-3H3. The van der Waals surface area contributed by atoms with Gasteiger partial charge in [0.25, 0.3) is 0 Å². The molecule has 0 bridgehead atoms. The zero-order chi connectivity index (χ0) is 9.61. The Morgan fingerprint density at radius 3 is 2.50 bits per heavy atom. The predicted octanol–water partition coefficient (Wildman–Crippen LogP) is 2.09. The van der Waals surface area contributed by atoms with E-state index in [1.54, 1.807) is 0 Å². The number of nitrogens with zero attached hydrogens (tertiary/aromatic N) is 1. The highest BCUT2D eigenvalue weighted by Gasteiger charge is 2.18. The molecule has 0 aliphatic carbocycles. The van der Waals surface area contributed by atoms with E-state index in [4.69, 9.17) is 5.73 Å². The molecular weight excluding hydrogens is 148 g/mol. The molecule has 0 aliphatic rings. The van der Waals surface area contributed by atoms with E-state index in [2.05, 4.69) is 32.5 Å². The van der Waals surface area contributed by atoms with Crippen molar-refractivity contribution in [3.63, 3.8) is 0 Å². The topological polar surface area (TPSA) is 38.4 Å². The maximum Gasteiger partial charge on any atom is 0.0384 e. The SMILES string of the molecule is C=NCCC(C)CC(C)(C)CN. The normalized spacial score (nSPS) is 14.3. The Labute approximate surface area is 76.3 Å². The first kappa shape index (κ1) is 11.6. The van der Waals surface area contributed by atoms with Crippen LogP contribution in [0.5, 0.6) is 0 Å². The number of nitrogens with two attached hydrogens (primary N) is 1. The molecule has 2 heteroatoms. The molecule has 0 saturated heterocycles. The van der Waals surface area contributed by atoms with Crippen molar-refractivity contribution < 1.29 is 0 Å². The van der Waals surface area contributed by atoms with Crippen LogP contribution in [0.4, 0.5) is 0 Å². The molecule has 1 unspecified atom stereocenters. The fraction of sp³-hybridized carbons (Fsp3) is 0.900. The van der Waals surface area contributed by atoms with Crippen molar-refractivity contribution in [2.24, 2.45) is 22.1 Å². The largest absolute Gasteiger partial charge is 0.330 e. The molecule has 0 saturated carbocycles. The van der Waals surface area contributed by atoms with E-state index >= 15 is 0 Å². The first-order valence-corrected chi connectivity index (χ1v) is 4.64. The van der Waals surface area contributed by atoms with Crippen molar-refractivity contribution in [3.8, 4) is 0 Å². The lowest BCUT2D eigenvalue weighted by Gasteiger charge is -2.25. The van der Waals surface area contributed by atoms with Crippen molar-refractivity contribution in [1.82, 2.24) is 0 Å². The maximum absolute atomic E-state index is 5.65. The van der Waals surface area contributed by atoms with E-state index in [1.807, 2.05) is 0 Å². The van der Waals surface area contributed by atoms with Gasteiger partial charge in [-0.3, -0.25) is 0 Å². The summed E-state index contributed by atoms with van der Waals surface area (Å²) in [5, 5.41) is 0. The van der Waals surface area contributed by atoms with Gasteiger partial charge in [0.05, 0.1) is 0 Å². The van der Waals surface area contributed by atoms with E-state index in [-0.39, 0.29) is 5.41 Å². The Morgan fingerprint density at radius 2 is 2.08 bits per heavy atom. The molecule has 0 aromatic heterocycles. The average molecular weight is 170 g/mol. The third-order valence-corrected chi connectivity index (χ3v) is 2.23. The van der Waals surface area contributed by atoms with Crippen LogP contribution in [0.15, 0.2) is 4.99 Å². The molecule has 0 heterocycles. The highest BCUT2D eigenvalue weighted by molar-refractivity contribution is 5.23. The van der Waals surface area contributed by atoms with Gasteiger partial charge in [-0.05, 0) is 37.4 Å². The summed E-state index contributed by atoms with van der Waals surface area (Å²) in [6, 6.07) is 0. The molecule has 72 valence electrons. The van der Waals surface area contributed by atoms with Gasteiger partial charge in [0.15, 0.2) is 0 Å². The minimum absolute atomic E-state index is 0.278. The second-order valence-electron chi connectivity index (χ2n) is 4.41. The van der Waals surface area contributed by atoms with Gasteiger partial charge in [-0.1, -0.05) is 20.8 Å². The Bertz CT molecular complexity index is 130. The first-order chi connectivity index (χ1) is 5.52. The number of hydrogen-bond donors (Lipinski definition) is 1. The molecular formula is C10H22N2. The number of hydrogen-bond acceptors (Lipinski definition) is 2. The molecule has 2 nitrogen and oxygen atoms in total. The van der Waals surface area contributed by atoms with Crippen molar-refractivity contribution in [2.45, 2.75) is 33.6 Å². The maximum atomic E-state index is 5.65. The van der Waals surface area contributed by atoms with Crippen molar-refractivity contribution >= 4 is 6.72 Å². The molecule has 0 aliphatic heterocycles. The Balaban J connectivity index is 3.67. The van der Waals surface area contributed by atoms with Crippen molar-refractivity contribution in [1.29, 1.82) is 0 Å². The Morgan fingerprint density at radius 1 is 1.50 bits per heavy atom. The van der Waals surface area contributed by atoms with Gasteiger partial charge < -0.3 is 10.7 Å². The molecule has 0 amide bonds. The zero-order valence-corrected chi connectivity index (χ0v) is 8.64. The van der Waals surface area contributed by atoms with Crippen LogP contribution in [0, 0.1) is 11.3 Å². The summed E-state index contributed by atoms with van der Waals surface area (Å²) in [6.45, 7) is 11.8. The molecule has 2 N–H and O–H groups in total. The van der Waals surface area contributed by atoms with Gasteiger partial charge in [0, 0.05) is 6.54 Å².